The van der Waals surface area contributed by atoms with Crippen LogP contribution in [0.25, 0.3) is 0 Å². The van der Waals surface area contributed by atoms with Crippen molar-refractivity contribution in [1.82, 2.24) is 15.3 Å². The Balaban J connectivity index is 1.67. The van der Waals surface area contributed by atoms with Gasteiger partial charge in [-0.25, -0.2) is 14.4 Å². The molecule has 27 heavy (non-hydrogen) atoms. The van der Waals surface area contributed by atoms with Crippen molar-refractivity contribution in [3.05, 3.63) is 58.6 Å². The van der Waals surface area contributed by atoms with Crippen LogP contribution >= 0.6 is 11.8 Å². The van der Waals surface area contributed by atoms with Gasteiger partial charge < -0.3 is 19.7 Å². The van der Waals surface area contributed by atoms with Crippen LogP contribution in [0.15, 0.2) is 47.0 Å². The van der Waals surface area contributed by atoms with Gasteiger partial charge in [0.25, 0.3) is 0 Å². The second-order valence-corrected chi connectivity index (χ2v) is 7.03. The van der Waals surface area contributed by atoms with Gasteiger partial charge in [-0.05, 0) is 17.5 Å². The number of nitrogens with one attached hydrogen (secondary N) is 1. The van der Waals surface area contributed by atoms with Crippen molar-refractivity contribution in [3.63, 3.8) is 0 Å². The van der Waals surface area contributed by atoms with Gasteiger partial charge in [-0.15, -0.1) is 11.8 Å². The third-order valence-electron chi connectivity index (χ3n) is 4.32. The van der Waals surface area contributed by atoms with E-state index in [4.69, 9.17) is 9.47 Å². The number of nitrogens with zero attached hydrogens (tertiary/aromatic N) is 3. The Morgan fingerprint density at radius 3 is 2.93 bits per heavy atom. The van der Waals surface area contributed by atoms with E-state index in [0.29, 0.717) is 30.5 Å². The standard InChI is InChI=1S/C19H19FN4O2S/c1-21-11-17-13(5-8-27-17)18-22-10-14(20)19(23-18)24(2)12-3-4-15-16(9-12)26-7-6-25-15/h3-5,8-11,13,21H,6-7H2,1-2H3/b17-11+. The lowest BCUT2D eigenvalue weighted by Crippen LogP contribution is -2.18. The molecule has 1 aromatic carbocycles. The molecule has 0 fully saturated rings. The fraction of sp³-hybridized carbons (Fsp3) is 0.263. The highest BCUT2D eigenvalue weighted by atomic mass is 32.2. The number of anilines is 2. The summed E-state index contributed by atoms with van der Waals surface area (Å²) in [7, 11) is 3.61. The van der Waals surface area contributed by atoms with E-state index in [1.807, 2.05) is 42.9 Å². The predicted octanol–water partition coefficient (Wildman–Crippen LogP) is 3.56. The van der Waals surface area contributed by atoms with Gasteiger partial charge in [-0.2, -0.15) is 0 Å². The van der Waals surface area contributed by atoms with E-state index in [2.05, 4.69) is 15.3 Å². The SMILES string of the molecule is CN/C=C1/SC=CC1c1ncc(F)c(N(C)c2ccc3c(c2)OCCO3)n1. The average Bonchev–Trinajstić information content (AvgIpc) is 3.16. The molecule has 0 saturated heterocycles. The van der Waals surface area contributed by atoms with E-state index in [1.54, 1.807) is 23.7 Å². The van der Waals surface area contributed by atoms with Crippen molar-refractivity contribution in [1.29, 1.82) is 0 Å². The van der Waals surface area contributed by atoms with Crippen LogP contribution < -0.4 is 19.7 Å². The van der Waals surface area contributed by atoms with E-state index in [-0.39, 0.29) is 11.7 Å². The molecule has 3 heterocycles. The van der Waals surface area contributed by atoms with E-state index >= 15 is 0 Å². The molecule has 0 bridgehead atoms. The molecule has 1 atom stereocenters. The number of rotatable bonds is 4. The van der Waals surface area contributed by atoms with Crippen LogP contribution in [-0.4, -0.2) is 37.3 Å². The van der Waals surface area contributed by atoms with E-state index in [1.165, 1.54) is 6.20 Å². The molecule has 4 rings (SSSR count). The fourth-order valence-corrected chi connectivity index (χ4v) is 3.87. The van der Waals surface area contributed by atoms with Crippen LogP contribution in [0.2, 0.25) is 0 Å². The average molecular weight is 386 g/mol. The molecule has 2 aliphatic heterocycles. The van der Waals surface area contributed by atoms with Crippen molar-refractivity contribution in [2.75, 3.05) is 32.2 Å². The molecule has 6 nitrogen and oxygen atoms in total. The molecule has 0 saturated carbocycles. The molecule has 0 spiro atoms. The number of hydrogen-bond donors (Lipinski definition) is 1. The number of ether oxygens (including phenoxy) is 2. The molecule has 2 aromatic rings. The molecule has 8 heteroatoms. The smallest absolute Gasteiger partial charge is 0.184 e. The van der Waals surface area contributed by atoms with Crippen LogP contribution in [0.4, 0.5) is 15.9 Å². The van der Waals surface area contributed by atoms with Gasteiger partial charge in [-0.3, -0.25) is 0 Å². The summed E-state index contributed by atoms with van der Waals surface area (Å²) in [5.41, 5.74) is 0.755. The number of halogens is 1. The Labute approximate surface area is 161 Å². The number of fused-ring (bicyclic) bond motifs is 1. The quantitative estimate of drug-likeness (QED) is 0.862. The molecule has 2 aliphatic rings. The van der Waals surface area contributed by atoms with Gasteiger partial charge in [0.05, 0.1) is 12.1 Å². The van der Waals surface area contributed by atoms with Crippen LogP contribution in [0.3, 0.4) is 0 Å². The first-order valence-electron chi connectivity index (χ1n) is 8.54. The van der Waals surface area contributed by atoms with Gasteiger partial charge in [0, 0.05) is 37.0 Å². The van der Waals surface area contributed by atoms with Crippen LogP contribution in [0.1, 0.15) is 11.7 Å². The number of thioether (sulfide) groups is 1. The molecule has 1 unspecified atom stereocenters. The summed E-state index contributed by atoms with van der Waals surface area (Å²) in [5.74, 6) is 1.54. The minimum atomic E-state index is -0.482. The summed E-state index contributed by atoms with van der Waals surface area (Å²) in [6.07, 6.45) is 5.14. The van der Waals surface area contributed by atoms with Crippen LogP contribution in [0, 0.1) is 5.82 Å². The van der Waals surface area contributed by atoms with Gasteiger partial charge in [0.15, 0.2) is 23.1 Å². The first-order valence-corrected chi connectivity index (χ1v) is 9.42. The Morgan fingerprint density at radius 1 is 1.30 bits per heavy atom. The molecular weight excluding hydrogens is 367 g/mol. The van der Waals surface area contributed by atoms with Gasteiger partial charge in [0.1, 0.15) is 19.0 Å². The first-order chi connectivity index (χ1) is 13.2. The number of benzene rings is 1. The lowest BCUT2D eigenvalue weighted by Gasteiger charge is -2.23. The van der Waals surface area contributed by atoms with Crippen molar-refractivity contribution in [3.8, 4) is 11.5 Å². The summed E-state index contributed by atoms with van der Waals surface area (Å²) >= 11 is 1.60. The second kappa shape index (κ2) is 7.48. The Morgan fingerprint density at radius 2 is 2.11 bits per heavy atom. The highest BCUT2D eigenvalue weighted by molar-refractivity contribution is 8.06. The highest BCUT2D eigenvalue weighted by Gasteiger charge is 2.24. The number of hydrogen-bond acceptors (Lipinski definition) is 7. The summed E-state index contributed by atoms with van der Waals surface area (Å²) in [4.78, 5) is 11.5. The molecule has 140 valence electrons. The minimum Gasteiger partial charge on any atom is -0.486 e. The summed E-state index contributed by atoms with van der Waals surface area (Å²) in [6, 6.07) is 5.50. The normalized spacial score (nSPS) is 19.4. The van der Waals surface area contributed by atoms with E-state index < -0.39 is 5.82 Å². The topological polar surface area (TPSA) is 59.5 Å². The Kier molecular flexibility index (Phi) is 4.89. The maximum Gasteiger partial charge on any atom is 0.184 e. The van der Waals surface area contributed by atoms with Gasteiger partial charge in [0.2, 0.25) is 0 Å². The van der Waals surface area contributed by atoms with E-state index in [0.717, 1.165) is 10.6 Å². The fourth-order valence-electron chi connectivity index (χ4n) is 2.96. The molecule has 1 aromatic heterocycles. The minimum absolute atomic E-state index is 0.0875. The van der Waals surface area contributed by atoms with Crippen LogP contribution in [-0.2, 0) is 0 Å². The van der Waals surface area contributed by atoms with Gasteiger partial charge in [-0.1, -0.05) is 6.08 Å². The first kappa shape index (κ1) is 17.7. The summed E-state index contributed by atoms with van der Waals surface area (Å²) < 4.78 is 25.7. The van der Waals surface area contributed by atoms with Crippen molar-refractivity contribution < 1.29 is 13.9 Å². The maximum absolute atomic E-state index is 14.5. The number of allylic oxidation sites excluding steroid dienone is 2. The monoisotopic (exact) mass is 386 g/mol. The molecule has 0 radical (unpaired) electrons. The summed E-state index contributed by atoms with van der Waals surface area (Å²) in [6.45, 7) is 1.03. The van der Waals surface area contributed by atoms with Crippen molar-refractivity contribution in [2.24, 2.45) is 0 Å². The third-order valence-corrected chi connectivity index (χ3v) is 5.26. The second-order valence-electron chi connectivity index (χ2n) is 6.05. The summed E-state index contributed by atoms with van der Waals surface area (Å²) in [5, 5.41) is 5.02. The molecular formula is C19H19FN4O2S. The van der Waals surface area contributed by atoms with Gasteiger partial charge >= 0.3 is 0 Å². The van der Waals surface area contributed by atoms with E-state index in [9.17, 15) is 4.39 Å². The van der Waals surface area contributed by atoms with Crippen molar-refractivity contribution >= 4 is 23.3 Å². The Bertz CT molecular complexity index is 919. The highest BCUT2D eigenvalue weighted by Crippen LogP contribution is 2.40. The largest absolute Gasteiger partial charge is 0.486 e. The zero-order valence-corrected chi connectivity index (χ0v) is 15.8. The molecule has 0 aliphatic carbocycles. The Hall–Kier alpha value is -2.74. The van der Waals surface area contributed by atoms with Crippen LogP contribution in [0.5, 0.6) is 11.5 Å². The lowest BCUT2D eigenvalue weighted by atomic mass is 10.1. The zero-order chi connectivity index (χ0) is 18.8. The number of aromatic nitrogens is 2. The molecule has 0 amide bonds. The predicted molar refractivity (Wildman–Crippen MR) is 104 cm³/mol. The van der Waals surface area contributed by atoms with Crippen molar-refractivity contribution in [2.45, 2.75) is 5.92 Å². The maximum atomic E-state index is 14.5. The molecule has 1 N–H and O–H groups in total. The third kappa shape index (κ3) is 3.44. The zero-order valence-electron chi connectivity index (χ0n) is 15.0. The lowest BCUT2D eigenvalue weighted by molar-refractivity contribution is 0.171.